The van der Waals surface area contributed by atoms with E-state index in [2.05, 4.69) is 58.3 Å². The number of hydrogen-bond donors (Lipinski definition) is 8. The molecule has 0 amide bonds. The summed E-state index contributed by atoms with van der Waals surface area (Å²) in [6, 6.07) is 0. The average molecular weight is 1140 g/mol. The maximum absolute atomic E-state index is 13.6. The number of anilines is 3. The van der Waals surface area contributed by atoms with Crippen LogP contribution in [0, 0.1) is 0 Å². The SMILES string of the molecule is CNc1ncnc2c1ncn2[C@@H]1O[C@H](COP(=O)([O-])OP(=O)([O-])OP(=O)([O-])OC[C@H]2O[C@@H]([n+]3cn(C)c4c(=O)[nH]c(N)nc43)C(O)[C@H]2O)C(OP(=O)([O-])OC[C@H]2O[C@@H](n3cnc4c(N)ncnc43)[C@@H](O)C2O)[C@@H]1OC. The van der Waals surface area contributed by atoms with Crippen LogP contribution in [0.4, 0.5) is 17.6 Å². The molecule has 6 aromatic heterocycles. The highest BCUT2D eigenvalue weighted by molar-refractivity contribution is 7.65. The van der Waals surface area contributed by atoms with E-state index in [9.17, 15) is 63.1 Å². The van der Waals surface area contributed by atoms with E-state index in [1.807, 2.05) is 0 Å². The van der Waals surface area contributed by atoms with Crippen LogP contribution in [0.15, 0.2) is 36.4 Å². The number of nitrogens with zero attached hydrogens (tertiary/aromatic N) is 11. The topological polar surface area (TPSA) is 540 Å². The lowest BCUT2D eigenvalue weighted by Gasteiger charge is -2.35. The van der Waals surface area contributed by atoms with Gasteiger partial charge < -0.3 is 93.8 Å². The van der Waals surface area contributed by atoms with Crippen molar-refractivity contribution in [2.45, 2.75) is 73.6 Å². The van der Waals surface area contributed by atoms with Gasteiger partial charge in [0.2, 0.25) is 11.7 Å². The van der Waals surface area contributed by atoms with Gasteiger partial charge in [-0.2, -0.15) is 0 Å². The Morgan fingerprint density at radius 2 is 1.29 bits per heavy atom. The van der Waals surface area contributed by atoms with Gasteiger partial charge in [0.1, 0.15) is 78.6 Å². The molecule has 9 rings (SSSR count). The summed E-state index contributed by atoms with van der Waals surface area (Å²) in [7, 11) is -20.7. The van der Waals surface area contributed by atoms with Gasteiger partial charge in [0, 0.05) is 14.2 Å². The number of hydrogen-bond acceptors (Lipinski definition) is 33. The number of nitrogens with one attached hydrogen (secondary N) is 2. The number of aromatic nitrogens is 12. The molecule has 75 heavy (non-hydrogen) atoms. The Balaban J connectivity index is 0.865. The number of fused-ring (bicyclic) bond motifs is 3. The van der Waals surface area contributed by atoms with Crippen LogP contribution in [0.25, 0.3) is 33.5 Å². The number of nitrogen functional groups attached to an aromatic ring is 2. The van der Waals surface area contributed by atoms with E-state index in [0.717, 1.165) is 24.3 Å². The second-order valence-corrected chi connectivity index (χ2v) is 22.3. The van der Waals surface area contributed by atoms with Crippen molar-refractivity contribution in [3.63, 3.8) is 0 Å². The first-order valence-corrected chi connectivity index (χ1v) is 27.2. The molecule has 6 aromatic rings. The quantitative estimate of drug-likeness (QED) is 0.0260. The van der Waals surface area contributed by atoms with Crippen LogP contribution in [0.3, 0.4) is 0 Å². The third kappa shape index (κ3) is 11.0. The van der Waals surface area contributed by atoms with E-state index in [1.54, 1.807) is 0 Å². The molecule has 0 aromatic carbocycles. The zero-order valence-corrected chi connectivity index (χ0v) is 41.9. The molecule has 410 valence electrons. The molecule has 9 heterocycles. The first-order chi connectivity index (χ1) is 35.3. The molecular weight excluding hydrogens is 1100 g/mol. The van der Waals surface area contributed by atoms with Gasteiger partial charge in [-0.1, -0.05) is 4.98 Å². The van der Waals surface area contributed by atoms with Gasteiger partial charge in [0.15, 0.2) is 41.7 Å². The van der Waals surface area contributed by atoms with E-state index >= 15 is 0 Å². The number of aliphatic hydroxyl groups excluding tert-OH is 4. The largest absolute Gasteiger partial charge is 0.756 e. The summed E-state index contributed by atoms with van der Waals surface area (Å²) in [6.45, 7) is -3.62. The summed E-state index contributed by atoms with van der Waals surface area (Å²) in [5, 5.41) is 45.9. The van der Waals surface area contributed by atoms with Gasteiger partial charge in [-0.15, -0.1) is 0 Å². The molecule has 10 N–H and O–H groups in total. The van der Waals surface area contributed by atoms with Crippen molar-refractivity contribution in [3.05, 3.63) is 42.0 Å². The third-order valence-electron chi connectivity index (χ3n) is 11.7. The number of phosphoric acid groups is 4. The molecule has 42 heteroatoms. The van der Waals surface area contributed by atoms with Gasteiger partial charge in [0.05, 0.1) is 39.5 Å². The smallest absolute Gasteiger partial charge is 0.313 e. The lowest BCUT2D eigenvalue weighted by molar-refractivity contribution is -0.745. The Labute approximate surface area is 417 Å². The molecule has 3 fully saturated rings. The minimum absolute atomic E-state index is 0.0101. The van der Waals surface area contributed by atoms with Gasteiger partial charge in [-0.05, 0) is 0 Å². The number of rotatable bonds is 20. The Hall–Kier alpha value is -4.95. The Bertz CT molecular complexity index is 3370. The van der Waals surface area contributed by atoms with Crippen LogP contribution >= 0.6 is 31.3 Å². The standard InChI is InChI=1S/C33H45N15O23P4/c1-36-25-16-27(40-8-38-25)47(10-42-16)32-23(62-3)22(69-72(54,55)63-4-12-18(49)20(51)30(66-12)46-9-41-15-24(34)37-7-39-26(15)46)14(68-32)6-65-74(58,59)71-75(60,61)70-73(56,57)64-5-13-19(50)21(52)31(67-13)48-11-45(2)17-28(48)43-33(35)44-29(17)53/h7-14,18-23,30-32,49-52H,4-6H2,1-3H3,(H9-,34,35,36,37,38,39,40,43,44,53,54,55,56,57,58,59,60,61)/p-3/t12-,13-,14-,18?,19+,20+,21?,22?,23+,30-,31-,32-/m1/s1. The number of aromatic amines is 1. The van der Waals surface area contributed by atoms with Crippen molar-refractivity contribution < 1.29 is 108 Å². The Kier molecular flexibility index (Phi) is 15.2. The van der Waals surface area contributed by atoms with Gasteiger partial charge >= 0.3 is 5.65 Å². The van der Waals surface area contributed by atoms with Crippen molar-refractivity contribution in [2.24, 2.45) is 7.05 Å². The summed E-state index contributed by atoms with van der Waals surface area (Å²) in [5.74, 6) is -0.103. The fourth-order valence-electron chi connectivity index (χ4n) is 8.35. The van der Waals surface area contributed by atoms with E-state index in [0.29, 0.717) is 0 Å². The molecule has 38 nitrogen and oxygen atoms in total. The summed E-state index contributed by atoms with van der Waals surface area (Å²) in [5.41, 5.74) is 11.1. The number of aliphatic hydroxyl groups is 4. The molecule has 0 saturated carbocycles. The van der Waals surface area contributed by atoms with Crippen molar-refractivity contribution in [3.8, 4) is 0 Å². The molecule has 0 spiro atoms. The molecule has 3 saturated heterocycles. The van der Waals surface area contributed by atoms with Crippen LogP contribution in [0.2, 0.25) is 0 Å². The maximum Gasteiger partial charge on any atom is 0.313 e. The molecule has 0 radical (unpaired) electrons. The number of ether oxygens (including phenoxy) is 4. The second-order valence-electron chi connectivity index (χ2n) is 16.4. The number of imidazole rings is 3. The molecule has 3 aliphatic rings. The minimum atomic E-state index is -6.57. The lowest BCUT2D eigenvalue weighted by Crippen LogP contribution is -2.46. The molecule has 7 unspecified atom stereocenters. The van der Waals surface area contributed by atoms with E-state index < -0.39 is 130 Å². The minimum Gasteiger partial charge on any atom is -0.756 e. The second kappa shape index (κ2) is 20.8. The fraction of sp³-hybridized carbons (Fsp3) is 0.545. The predicted octanol–water partition coefficient (Wildman–Crippen LogP) is -6.07. The van der Waals surface area contributed by atoms with E-state index in [4.69, 9.17) is 44.0 Å². The van der Waals surface area contributed by atoms with Gasteiger partial charge in [0.25, 0.3) is 42.8 Å². The van der Waals surface area contributed by atoms with Crippen molar-refractivity contribution >= 4 is 82.4 Å². The van der Waals surface area contributed by atoms with Crippen molar-refractivity contribution in [1.82, 2.24) is 53.6 Å². The summed E-state index contributed by atoms with van der Waals surface area (Å²) in [4.78, 5) is 95.2. The summed E-state index contributed by atoms with van der Waals surface area (Å²) < 4.78 is 107. The summed E-state index contributed by atoms with van der Waals surface area (Å²) in [6.07, 6.45) is -14.6. The zero-order valence-electron chi connectivity index (χ0n) is 38.3. The van der Waals surface area contributed by atoms with Gasteiger partial charge in [-0.25, -0.2) is 43.1 Å². The van der Waals surface area contributed by atoms with Gasteiger partial charge in [-0.3, -0.25) is 41.7 Å². The zero-order chi connectivity index (χ0) is 54.1. The van der Waals surface area contributed by atoms with Crippen LogP contribution in [0.1, 0.15) is 18.7 Å². The maximum atomic E-state index is 13.6. The predicted molar refractivity (Wildman–Crippen MR) is 232 cm³/mol. The monoisotopic (exact) mass is 1140 g/mol. The Morgan fingerprint density at radius 1 is 0.733 bits per heavy atom. The van der Waals surface area contributed by atoms with E-state index in [1.165, 1.54) is 46.8 Å². The highest BCUT2D eigenvalue weighted by atomic mass is 31.3. The Morgan fingerprint density at radius 3 is 1.95 bits per heavy atom. The van der Waals surface area contributed by atoms with E-state index in [-0.39, 0.29) is 51.1 Å². The summed E-state index contributed by atoms with van der Waals surface area (Å²) >= 11 is 0. The molecule has 0 aliphatic carbocycles. The average Bonchev–Trinajstić information content (AvgIpc) is 4.19. The number of methoxy groups -OCH3 is 1. The van der Waals surface area contributed by atoms with Crippen LogP contribution in [-0.2, 0) is 71.0 Å². The third-order valence-corrected chi connectivity index (χ3v) is 16.8. The van der Waals surface area contributed by atoms with Crippen LogP contribution in [-0.4, -0.2) is 163 Å². The normalized spacial score (nSPS) is 30.4. The number of nitrogens with two attached hydrogens (primary N) is 2. The molecule has 16 atom stereocenters. The first-order valence-electron chi connectivity index (χ1n) is 21.4. The van der Waals surface area contributed by atoms with Crippen molar-refractivity contribution in [1.29, 1.82) is 0 Å². The van der Waals surface area contributed by atoms with Crippen LogP contribution in [0.5, 0.6) is 0 Å². The molecule has 0 bridgehead atoms. The molecular formula is C33H42N15O23P4-3. The fourth-order valence-corrected chi connectivity index (χ4v) is 12.7. The lowest BCUT2D eigenvalue weighted by atomic mass is 10.1. The first kappa shape index (κ1) is 54.8. The highest BCUT2D eigenvalue weighted by Crippen LogP contribution is 2.63. The number of phosphoric ester groups is 3. The number of aryl methyl sites for hydroxylation is 1. The molecule has 3 aliphatic heterocycles. The van der Waals surface area contributed by atoms with Crippen molar-refractivity contribution in [2.75, 3.05) is 50.8 Å². The highest BCUT2D eigenvalue weighted by Gasteiger charge is 2.51. The van der Waals surface area contributed by atoms with Crippen LogP contribution < -0.4 is 46.5 Å². The number of H-pyrrole nitrogens is 1.